The van der Waals surface area contributed by atoms with Crippen LogP contribution >= 0.6 is 0 Å². The van der Waals surface area contributed by atoms with Gasteiger partial charge in [-0.25, -0.2) is 19.9 Å². The third-order valence-corrected chi connectivity index (χ3v) is 5.73. The second-order valence-corrected chi connectivity index (χ2v) is 10.1. The van der Waals surface area contributed by atoms with E-state index in [0.29, 0.717) is 11.8 Å². The van der Waals surface area contributed by atoms with Gasteiger partial charge in [-0.3, -0.25) is 0 Å². The van der Waals surface area contributed by atoms with Crippen LogP contribution in [-0.2, 0) is 4.74 Å². The Hall–Kier alpha value is -4.66. The van der Waals surface area contributed by atoms with Crippen LogP contribution in [0.5, 0.6) is 11.5 Å². The monoisotopic (exact) mass is 509 g/mol. The van der Waals surface area contributed by atoms with E-state index in [1.165, 1.54) is 0 Å². The summed E-state index contributed by atoms with van der Waals surface area (Å²) in [6.45, 7) is 10.0. The van der Waals surface area contributed by atoms with Gasteiger partial charge in [0, 0.05) is 35.2 Å². The lowest BCUT2D eigenvalue weighted by Gasteiger charge is -2.16. The van der Waals surface area contributed by atoms with E-state index >= 15 is 0 Å². The summed E-state index contributed by atoms with van der Waals surface area (Å²) >= 11 is 0. The molecule has 0 aliphatic rings. The Bertz CT molecular complexity index is 1650. The van der Waals surface area contributed by atoms with E-state index in [1.54, 1.807) is 13.4 Å². The van der Waals surface area contributed by atoms with Crippen LogP contribution in [0, 0.1) is 13.8 Å². The third kappa shape index (κ3) is 5.67. The first kappa shape index (κ1) is 25.0. The molecule has 0 bridgehead atoms. The van der Waals surface area contributed by atoms with Gasteiger partial charge >= 0.3 is 0 Å². The molecule has 2 aromatic carbocycles. The van der Waals surface area contributed by atoms with Crippen molar-refractivity contribution in [2.24, 2.45) is 4.99 Å². The fraction of sp³-hybridized carbons (Fsp3) is 0.241. The van der Waals surface area contributed by atoms with E-state index in [2.05, 4.69) is 30.6 Å². The van der Waals surface area contributed by atoms with E-state index in [4.69, 9.17) is 9.47 Å². The van der Waals surface area contributed by atoms with Gasteiger partial charge in [-0.2, -0.15) is 0 Å². The number of benzene rings is 2. The minimum atomic E-state index is -0.274. The molecule has 0 saturated carbocycles. The first-order chi connectivity index (χ1) is 18.2. The van der Waals surface area contributed by atoms with Crippen molar-refractivity contribution in [2.45, 2.75) is 40.2 Å². The van der Waals surface area contributed by atoms with E-state index in [0.717, 1.165) is 50.7 Å². The van der Waals surface area contributed by atoms with E-state index < -0.39 is 0 Å². The Kier molecular flexibility index (Phi) is 6.59. The van der Waals surface area contributed by atoms with Gasteiger partial charge in [0.25, 0.3) is 6.02 Å². The molecule has 9 nitrogen and oxygen atoms in total. The molecule has 0 fully saturated rings. The lowest BCUT2D eigenvalue weighted by molar-refractivity contribution is 0.389. The highest BCUT2D eigenvalue weighted by Gasteiger charge is 2.13. The van der Waals surface area contributed by atoms with Crippen LogP contribution in [0.2, 0.25) is 0 Å². The molecule has 194 valence electrons. The first-order valence-electron chi connectivity index (χ1n) is 12.3. The highest BCUT2D eigenvalue weighted by Crippen LogP contribution is 2.31. The van der Waals surface area contributed by atoms with Crippen molar-refractivity contribution in [3.8, 4) is 11.5 Å². The maximum Gasteiger partial charge on any atom is 0.289 e. The molecule has 0 aliphatic heterocycles. The maximum absolute atomic E-state index is 6.16. The Labute approximate surface area is 221 Å². The Balaban J connectivity index is 1.38. The molecule has 2 N–H and O–H groups in total. The zero-order valence-electron chi connectivity index (χ0n) is 22.4. The lowest BCUT2D eigenvalue weighted by Crippen LogP contribution is -2.21. The molecule has 38 heavy (non-hydrogen) atoms. The van der Waals surface area contributed by atoms with Crippen molar-refractivity contribution < 1.29 is 9.47 Å². The average Bonchev–Trinajstić information content (AvgIpc) is 3.24. The third-order valence-electron chi connectivity index (χ3n) is 5.73. The molecule has 0 aliphatic carbocycles. The predicted octanol–water partition coefficient (Wildman–Crippen LogP) is 6.64. The van der Waals surface area contributed by atoms with Crippen molar-refractivity contribution in [1.82, 2.24) is 19.4 Å². The molecule has 0 unspecified atom stereocenters. The van der Waals surface area contributed by atoms with Crippen LogP contribution in [0.3, 0.4) is 0 Å². The van der Waals surface area contributed by atoms with Crippen molar-refractivity contribution >= 4 is 39.8 Å². The van der Waals surface area contributed by atoms with Crippen LogP contribution in [0.25, 0.3) is 16.6 Å². The molecule has 0 radical (unpaired) electrons. The molecular formula is C29H31N7O2. The largest absolute Gasteiger partial charge is 0.468 e. The number of methoxy groups -OCH3 is 1. The SMILES string of the molecule is CO/C(=N\C(C)(C)C)Nc1ccc2ncnc(Nc3ccc(Oc4ccn5cc(C)nc5c4)c(C)c3)c2c1. The molecule has 0 amide bonds. The summed E-state index contributed by atoms with van der Waals surface area (Å²) in [4.78, 5) is 18.0. The highest BCUT2D eigenvalue weighted by molar-refractivity contribution is 5.96. The number of aryl methyl sites for hydroxylation is 2. The van der Waals surface area contributed by atoms with Crippen LogP contribution < -0.4 is 15.4 Å². The second kappa shape index (κ2) is 10.0. The number of nitrogens with zero attached hydrogens (tertiary/aromatic N) is 5. The minimum absolute atomic E-state index is 0.274. The summed E-state index contributed by atoms with van der Waals surface area (Å²) in [5, 5.41) is 7.54. The van der Waals surface area contributed by atoms with Gasteiger partial charge in [0.1, 0.15) is 29.3 Å². The number of pyridine rings is 1. The Morgan fingerprint density at radius 2 is 1.79 bits per heavy atom. The Morgan fingerprint density at radius 3 is 2.55 bits per heavy atom. The van der Waals surface area contributed by atoms with Crippen molar-refractivity contribution in [3.63, 3.8) is 0 Å². The van der Waals surface area contributed by atoms with Crippen LogP contribution in [-0.4, -0.2) is 38.0 Å². The zero-order chi connectivity index (χ0) is 26.9. The number of anilines is 3. The fourth-order valence-electron chi connectivity index (χ4n) is 4.05. The molecule has 5 rings (SSSR count). The minimum Gasteiger partial charge on any atom is -0.468 e. The predicted molar refractivity (Wildman–Crippen MR) is 152 cm³/mol. The van der Waals surface area contributed by atoms with Crippen LogP contribution in [0.4, 0.5) is 17.2 Å². The molecule has 5 aromatic rings. The summed E-state index contributed by atoms with van der Waals surface area (Å²) in [6.07, 6.45) is 5.48. The fourth-order valence-corrected chi connectivity index (χ4v) is 4.05. The molecular weight excluding hydrogens is 478 g/mol. The molecule has 3 aromatic heterocycles. The summed E-state index contributed by atoms with van der Waals surface area (Å²) in [6, 6.07) is 16.1. The van der Waals surface area contributed by atoms with E-state index in [-0.39, 0.29) is 5.54 Å². The normalized spacial score (nSPS) is 12.1. The molecule has 0 saturated heterocycles. The number of ether oxygens (including phenoxy) is 2. The van der Waals surface area contributed by atoms with Gasteiger partial charge in [-0.05, 0) is 82.6 Å². The number of hydrogen-bond donors (Lipinski definition) is 2. The lowest BCUT2D eigenvalue weighted by atomic mass is 10.1. The van der Waals surface area contributed by atoms with Gasteiger partial charge in [0.05, 0.1) is 23.9 Å². The molecule has 3 heterocycles. The maximum atomic E-state index is 6.16. The van der Waals surface area contributed by atoms with Gasteiger partial charge in [-0.1, -0.05) is 0 Å². The number of aliphatic imine (C=N–C) groups is 1. The number of rotatable bonds is 5. The number of imidazole rings is 1. The van der Waals surface area contributed by atoms with Crippen molar-refractivity contribution in [1.29, 1.82) is 0 Å². The number of nitrogens with one attached hydrogen (secondary N) is 2. The number of amidine groups is 1. The summed E-state index contributed by atoms with van der Waals surface area (Å²) in [5.41, 5.74) is 5.06. The first-order valence-corrected chi connectivity index (χ1v) is 12.3. The van der Waals surface area contributed by atoms with Crippen LogP contribution in [0.15, 0.2) is 72.2 Å². The van der Waals surface area contributed by atoms with Gasteiger partial charge in [0.2, 0.25) is 0 Å². The van der Waals surface area contributed by atoms with E-state index in [1.807, 2.05) is 99.9 Å². The highest BCUT2D eigenvalue weighted by atomic mass is 16.5. The zero-order valence-corrected chi connectivity index (χ0v) is 22.4. The molecule has 9 heteroatoms. The summed E-state index contributed by atoms with van der Waals surface area (Å²) < 4.78 is 13.6. The molecule has 0 atom stereocenters. The summed E-state index contributed by atoms with van der Waals surface area (Å²) in [5.74, 6) is 2.20. The number of fused-ring (bicyclic) bond motifs is 2. The van der Waals surface area contributed by atoms with Gasteiger partial charge in [0.15, 0.2) is 0 Å². The second-order valence-electron chi connectivity index (χ2n) is 10.1. The number of aromatic nitrogens is 4. The van der Waals surface area contributed by atoms with Gasteiger partial charge < -0.3 is 24.5 Å². The van der Waals surface area contributed by atoms with Crippen molar-refractivity contribution in [2.75, 3.05) is 17.7 Å². The van der Waals surface area contributed by atoms with E-state index in [9.17, 15) is 0 Å². The number of hydrogen-bond acceptors (Lipinski definition) is 7. The smallest absolute Gasteiger partial charge is 0.289 e. The summed E-state index contributed by atoms with van der Waals surface area (Å²) in [7, 11) is 1.60. The molecule has 0 spiro atoms. The van der Waals surface area contributed by atoms with Crippen molar-refractivity contribution in [3.05, 3.63) is 78.5 Å². The standard InChI is InChI=1S/C29H31N7O2/c1-18-13-20(8-10-25(18)38-22-11-12-36-16-19(2)32-26(36)15-22)33-27-23-14-21(7-9-24(23)30-17-31-27)34-28(37-6)35-29(3,4)5/h7-17H,1-6H3,(H,34,35)(H,30,31,33). The van der Waals surface area contributed by atoms with Gasteiger partial charge in [-0.15, -0.1) is 0 Å². The topological polar surface area (TPSA) is 98.0 Å². The van der Waals surface area contributed by atoms with Crippen LogP contribution in [0.1, 0.15) is 32.0 Å². The average molecular weight is 510 g/mol. The Morgan fingerprint density at radius 1 is 0.974 bits per heavy atom. The quantitative estimate of drug-likeness (QED) is 0.202.